The summed E-state index contributed by atoms with van der Waals surface area (Å²) in [6, 6.07) is 10.4. The van der Waals surface area contributed by atoms with E-state index in [0.29, 0.717) is 5.92 Å². The summed E-state index contributed by atoms with van der Waals surface area (Å²) in [7, 11) is 0. The van der Waals surface area contributed by atoms with E-state index in [4.69, 9.17) is 0 Å². The van der Waals surface area contributed by atoms with Crippen LogP contribution in [0.5, 0.6) is 0 Å². The molecule has 78 valence electrons. The lowest BCUT2D eigenvalue weighted by Gasteiger charge is -2.20. The van der Waals surface area contributed by atoms with Crippen molar-refractivity contribution in [1.29, 1.82) is 0 Å². The quantitative estimate of drug-likeness (QED) is 0.760. The first-order valence-corrected chi connectivity index (χ1v) is 5.49. The van der Waals surface area contributed by atoms with Gasteiger partial charge in [0, 0.05) is 0 Å². The van der Waals surface area contributed by atoms with E-state index in [0.717, 1.165) is 19.3 Å². The Labute approximate surface area is 86.8 Å². The highest BCUT2D eigenvalue weighted by Crippen LogP contribution is 2.17. The monoisotopic (exact) mass is 192 g/mol. The molecule has 0 fully saturated rings. The lowest BCUT2D eigenvalue weighted by atomic mass is 9.90. The summed E-state index contributed by atoms with van der Waals surface area (Å²) in [5.41, 5.74) is 1.33. The van der Waals surface area contributed by atoms with Crippen molar-refractivity contribution >= 4 is 0 Å². The van der Waals surface area contributed by atoms with Gasteiger partial charge in [0.05, 0.1) is 6.10 Å². The van der Waals surface area contributed by atoms with Crippen molar-refractivity contribution in [1.82, 2.24) is 0 Å². The molecule has 0 spiro atoms. The van der Waals surface area contributed by atoms with E-state index >= 15 is 0 Å². The van der Waals surface area contributed by atoms with Crippen LogP contribution in [0.4, 0.5) is 0 Å². The zero-order valence-electron chi connectivity index (χ0n) is 9.11. The number of aliphatic hydroxyl groups is 1. The molecule has 0 amide bonds. The van der Waals surface area contributed by atoms with Crippen LogP contribution in [0.15, 0.2) is 30.3 Å². The maximum Gasteiger partial charge on any atom is 0.0568 e. The van der Waals surface area contributed by atoms with Crippen molar-refractivity contribution in [3.8, 4) is 0 Å². The van der Waals surface area contributed by atoms with Crippen LogP contribution in [0.3, 0.4) is 0 Å². The maximum atomic E-state index is 9.78. The highest BCUT2D eigenvalue weighted by molar-refractivity contribution is 5.15. The molecule has 0 radical (unpaired) electrons. The molecule has 0 aliphatic carbocycles. The lowest BCUT2D eigenvalue weighted by Crippen LogP contribution is -2.20. The fourth-order valence-corrected chi connectivity index (χ4v) is 1.80. The normalized spacial score (nSPS) is 15.1. The second-order valence-electron chi connectivity index (χ2n) is 3.83. The molecule has 2 unspecified atom stereocenters. The van der Waals surface area contributed by atoms with E-state index < -0.39 is 0 Å². The Kier molecular flexibility index (Phi) is 4.68. The van der Waals surface area contributed by atoms with Crippen molar-refractivity contribution in [3.05, 3.63) is 35.9 Å². The summed E-state index contributed by atoms with van der Waals surface area (Å²) >= 11 is 0. The standard InChI is InChI=1S/C13H20O/c1-3-12(13(14)4-2)10-11-8-6-5-7-9-11/h5-9,12-14H,3-4,10H2,1-2H3. The fraction of sp³-hybridized carbons (Fsp3) is 0.538. The first-order valence-electron chi connectivity index (χ1n) is 5.49. The maximum absolute atomic E-state index is 9.78. The molecule has 0 bridgehead atoms. The minimum Gasteiger partial charge on any atom is -0.393 e. The van der Waals surface area contributed by atoms with Crippen LogP contribution >= 0.6 is 0 Å². The third kappa shape index (κ3) is 3.15. The minimum absolute atomic E-state index is 0.153. The van der Waals surface area contributed by atoms with E-state index in [1.165, 1.54) is 5.56 Å². The largest absolute Gasteiger partial charge is 0.393 e. The molecular formula is C13H20O. The summed E-state index contributed by atoms with van der Waals surface area (Å²) in [5.74, 6) is 0.405. The zero-order chi connectivity index (χ0) is 10.4. The van der Waals surface area contributed by atoms with Gasteiger partial charge < -0.3 is 5.11 Å². The third-order valence-electron chi connectivity index (χ3n) is 2.83. The van der Waals surface area contributed by atoms with Gasteiger partial charge in [-0.25, -0.2) is 0 Å². The molecule has 0 saturated heterocycles. The average Bonchev–Trinajstić information content (AvgIpc) is 2.26. The molecular weight excluding hydrogens is 172 g/mol. The Morgan fingerprint density at radius 3 is 2.21 bits per heavy atom. The highest BCUT2D eigenvalue weighted by atomic mass is 16.3. The number of benzene rings is 1. The summed E-state index contributed by atoms with van der Waals surface area (Å²) in [5, 5.41) is 9.78. The second kappa shape index (κ2) is 5.82. The van der Waals surface area contributed by atoms with Crippen LogP contribution < -0.4 is 0 Å². The van der Waals surface area contributed by atoms with E-state index in [1.807, 2.05) is 13.0 Å². The average molecular weight is 192 g/mol. The first-order chi connectivity index (χ1) is 6.77. The van der Waals surface area contributed by atoms with Crippen LogP contribution in [0.1, 0.15) is 32.3 Å². The van der Waals surface area contributed by atoms with Crippen molar-refractivity contribution in [3.63, 3.8) is 0 Å². The molecule has 1 aromatic rings. The molecule has 0 aromatic heterocycles. The number of hydrogen-bond acceptors (Lipinski definition) is 1. The molecule has 1 heteroatoms. The van der Waals surface area contributed by atoms with Gasteiger partial charge in [0.2, 0.25) is 0 Å². The Morgan fingerprint density at radius 2 is 1.71 bits per heavy atom. The topological polar surface area (TPSA) is 20.2 Å². The van der Waals surface area contributed by atoms with E-state index in [2.05, 4.69) is 31.2 Å². The highest BCUT2D eigenvalue weighted by Gasteiger charge is 2.15. The van der Waals surface area contributed by atoms with Gasteiger partial charge in [0.15, 0.2) is 0 Å². The molecule has 2 atom stereocenters. The van der Waals surface area contributed by atoms with Gasteiger partial charge >= 0.3 is 0 Å². The molecule has 0 heterocycles. The molecule has 1 nitrogen and oxygen atoms in total. The fourth-order valence-electron chi connectivity index (χ4n) is 1.80. The van der Waals surface area contributed by atoms with Crippen LogP contribution in [0.25, 0.3) is 0 Å². The van der Waals surface area contributed by atoms with Gasteiger partial charge in [-0.3, -0.25) is 0 Å². The van der Waals surface area contributed by atoms with Gasteiger partial charge in [-0.05, 0) is 24.3 Å². The zero-order valence-corrected chi connectivity index (χ0v) is 9.11. The number of rotatable bonds is 5. The predicted octanol–water partition coefficient (Wildman–Crippen LogP) is 3.03. The summed E-state index contributed by atoms with van der Waals surface area (Å²) < 4.78 is 0. The molecule has 14 heavy (non-hydrogen) atoms. The Hall–Kier alpha value is -0.820. The van der Waals surface area contributed by atoms with Crippen LogP contribution in [-0.4, -0.2) is 11.2 Å². The second-order valence-corrected chi connectivity index (χ2v) is 3.83. The van der Waals surface area contributed by atoms with E-state index in [9.17, 15) is 5.11 Å². The van der Waals surface area contributed by atoms with Crippen LogP contribution in [-0.2, 0) is 6.42 Å². The third-order valence-corrected chi connectivity index (χ3v) is 2.83. The molecule has 0 aliphatic heterocycles. The Morgan fingerprint density at radius 1 is 1.07 bits per heavy atom. The SMILES string of the molecule is CCC(O)C(CC)Cc1ccccc1. The van der Waals surface area contributed by atoms with Gasteiger partial charge in [-0.2, -0.15) is 0 Å². The summed E-state index contributed by atoms with van der Waals surface area (Å²) in [4.78, 5) is 0. The van der Waals surface area contributed by atoms with Gasteiger partial charge in [0.1, 0.15) is 0 Å². The van der Waals surface area contributed by atoms with E-state index in [1.54, 1.807) is 0 Å². The van der Waals surface area contributed by atoms with Gasteiger partial charge in [-0.1, -0.05) is 50.6 Å². The molecule has 1 N–H and O–H groups in total. The minimum atomic E-state index is -0.153. The van der Waals surface area contributed by atoms with Crippen molar-refractivity contribution in [2.45, 2.75) is 39.2 Å². The Bertz CT molecular complexity index is 243. The Balaban J connectivity index is 2.57. The van der Waals surface area contributed by atoms with Crippen molar-refractivity contribution in [2.75, 3.05) is 0 Å². The number of hydrogen-bond donors (Lipinski definition) is 1. The number of aliphatic hydroxyl groups excluding tert-OH is 1. The lowest BCUT2D eigenvalue weighted by molar-refractivity contribution is 0.101. The van der Waals surface area contributed by atoms with Gasteiger partial charge in [0.25, 0.3) is 0 Å². The molecule has 0 aliphatic rings. The van der Waals surface area contributed by atoms with E-state index in [-0.39, 0.29) is 6.10 Å². The van der Waals surface area contributed by atoms with Crippen molar-refractivity contribution in [2.24, 2.45) is 5.92 Å². The first kappa shape index (κ1) is 11.3. The van der Waals surface area contributed by atoms with Crippen LogP contribution in [0, 0.1) is 5.92 Å². The molecule has 1 aromatic carbocycles. The molecule has 1 rings (SSSR count). The van der Waals surface area contributed by atoms with Gasteiger partial charge in [-0.15, -0.1) is 0 Å². The predicted molar refractivity (Wildman–Crippen MR) is 60.2 cm³/mol. The smallest absolute Gasteiger partial charge is 0.0568 e. The van der Waals surface area contributed by atoms with Crippen LogP contribution in [0.2, 0.25) is 0 Å². The van der Waals surface area contributed by atoms with Crippen molar-refractivity contribution < 1.29 is 5.11 Å². The summed E-state index contributed by atoms with van der Waals surface area (Å²) in [6.07, 6.45) is 2.74. The molecule has 0 saturated carbocycles. The summed E-state index contributed by atoms with van der Waals surface area (Å²) in [6.45, 7) is 4.19.